The Labute approximate surface area is 111 Å². The molecule has 0 spiro atoms. The molecule has 1 aromatic carbocycles. The fourth-order valence-electron chi connectivity index (χ4n) is 1.53. The molecule has 0 unspecified atom stereocenters. The summed E-state index contributed by atoms with van der Waals surface area (Å²) in [7, 11) is -3.84. The van der Waals surface area contributed by atoms with Crippen LogP contribution in [0.3, 0.4) is 0 Å². The molecule has 0 aliphatic heterocycles. The summed E-state index contributed by atoms with van der Waals surface area (Å²) < 4.78 is 25.5. The molecule has 0 saturated heterocycles. The van der Waals surface area contributed by atoms with E-state index in [0.29, 0.717) is 5.56 Å². The van der Waals surface area contributed by atoms with Gasteiger partial charge in [-0.3, -0.25) is 9.59 Å². The number of carboxylic acid groups (broad SMARTS) is 1. The van der Waals surface area contributed by atoms with Gasteiger partial charge in [-0.25, -0.2) is 13.1 Å². The van der Waals surface area contributed by atoms with Crippen LogP contribution in [0.4, 0.5) is 0 Å². The third kappa shape index (κ3) is 5.62. The second kappa shape index (κ2) is 6.44. The summed E-state index contributed by atoms with van der Waals surface area (Å²) in [6.45, 7) is 1.43. The Morgan fingerprint density at radius 2 is 1.84 bits per heavy atom. The molecule has 0 aliphatic rings. The average molecular weight is 285 g/mol. The minimum absolute atomic E-state index is 0.304. The topological polar surface area (TPSA) is 101 Å². The van der Waals surface area contributed by atoms with Gasteiger partial charge in [-0.05, 0) is 6.92 Å². The van der Waals surface area contributed by atoms with Gasteiger partial charge in [0.1, 0.15) is 5.75 Å². The maximum absolute atomic E-state index is 11.7. The molecule has 1 rings (SSSR count). The lowest BCUT2D eigenvalue weighted by Crippen LogP contribution is -2.37. The molecule has 0 bridgehead atoms. The van der Waals surface area contributed by atoms with E-state index in [2.05, 4.69) is 4.72 Å². The minimum Gasteiger partial charge on any atom is -0.481 e. The normalized spacial score (nSPS) is 12.9. The van der Waals surface area contributed by atoms with Crippen LogP contribution in [0.1, 0.15) is 23.7 Å². The maximum atomic E-state index is 11.7. The maximum Gasteiger partial charge on any atom is 0.304 e. The molecule has 7 heteroatoms. The first-order chi connectivity index (χ1) is 8.80. The third-order valence-corrected chi connectivity index (χ3v) is 3.68. The van der Waals surface area contributed by atoms with Crippen LogP contribution in [0.5, 0.6) is 0 Å². The van der Waals surface area contributed by atoms with Crippen molar-refractivity contribution >= 4 is 21.8 Å². The number of hydrogen-bond acceptors (Lipinski definition) is 4. The molecule has 1 atom stereocenters. The van der Waals surface area contributed by atoms with E-state index in [4.69, 9.17) is 5.11 Å². The Morgan fingerprint density at radius 1 is 1.26 bits per heavy atom. The van der Waals surface area contributed by atoms with Gasteiger partial charge in [0.05, 0.1) is 6.42 Å². The van der Waals surface area contributed by atoms with Gasteiger partial charge < -0.3 is 5.11 Å². The number of rotatable bonds is 7. The summed E-state index contributed by atoms with van der Waals surface area (Å²) in [6, 6.07) is 7.29. The van der Waals surface area contributed by atoms with Gasteiger partial charge in [-0.1, -0.05) is 30.3 Å². The molecule has 0 amide bonds. The molecular weight excluding hydrogens is 270 g/mol. The lowest BCUT2D eigenvalue weighted by atomic mass is 10.2. The van der Waals surface area contributed by atoms with Crippen molar-refractivity contribution in [3.63, 3.8) is 0 Å². The standard InChI is InChI=1S/C12H15NO5S/c1-9(7-12(15)16)13-19(17,18)8-11(14)10-5-3-2-4-6-10/h2-6,9,13H,7-8H2,1H3,(H,15,16)/t9-/m1/s1. The van der Waals surface area contributed by atoms with Crippen LogP contribution in [-0.4, -0.2) is 37.1 Å². The first-order valence-electron chi connectivity index (χ1n) is 5.60. The lowest BCUT2D eigenvalue weighted by molar-refractivity contribution is -0.137. The van der Waals surface area contributed by atoms with Crippen LogP contribution < -0.4 is 4.72 Å². The Kier molecular flexibility index (Phi) is 5.20. The number of Topliss-reactive ketones (excluding diaryl/α,β-unsaturated/α-hetero) is 1. The number of ketones is 1. The number of carboxylic acids is 1. The van der Waals surface area contributed by atoms with Crippen molar-refractivity contribution in [1.29, 1.82) is 0 Å². The molecule has 0 aliphatic carbocycles. The summed E-state index contributed by atoms with van der Waals surface area (Å²) in [5.41, 5.74) is 0.304. The largest absolute Gasteiger partial charge is 0.481 e. The van der Waals surface area contributed by atoms with E-state index in [1.165, 1.54) is 19.1 Å². The molecule has 0 aromatic heterocycles. The molecule has 2 N–H and O–H groups in total. The Bertz CT molecular complexity index is 553. The zero-order chi connectivity index (χ0) is 14.5. The average Bonchev–Trinajstić information content (AvgIpc) is 2.27. The van der Waals surface area contributed by atoms with Crippen molar-refractivity contribution in [2.24, 2.45) is 0 Å². The number of nitrogens with one attached hydrogen (secondary N) is 1. The number of sulfonamides is 1. The number of benzene rings is 1. The van der Waals surface area contributed by atoms with Gasteiger partial charge in [-0.2, -0.15) is 0 Å². The summed E-state index contributed by atoms with van der Waals surface area (Å²) >= 11 is 0. The van der Waals surface area contributed by atoms with E-state index >= 15 is 0 Å². The van der Waals surface area contributed by atoms with Gasteiger partial charge >= 0.3 is 5.97 Å². The molecule has 1 aromatic rings. The molecule has 0 heterocycles. The summed E-state index contributed by atoms with van der Waals surface area (Å²) in [4.78, 5) is 22.2. The van der Waals surface area contributed by atoms with Crippen molar-refractivity contribution in [3.8, 4) is 0 Å². The van der Waals surface area contributed by atoms with Crippen LogP contribution in [0.25, 0.3) is 0 Å². The number of hydrogen-bond donors (Lipinski definition) is 2. The predicted octanol–water partition coefficient (Wildman–Crippen LogP) is 0.652. The Balaban J connectivity index is 2.65. The van der Waals surface area contributed by atoms with Crippen molar-refractivity contribution in [1.82, 2.24) is 4.72 Å². The highest BCUT2D eigenvalue weighted by Gasteiger charge is 2.21. The third-order valence-electron chi connectivity index (χ3n) is 2.28. The number of aliphatic carboxylic acids is 1. The van der Waals surface area contributed by atoms with Gasteiger partial charge in [0.25, 0.3) is 0 Å². The SMILES string of the molecule is C[C@H](CC(=O)O)NS(=O)(=O)CC(=O)c1ccccc1. The first-order valence-corrected chi connectivity index (χ1v) is 7.25. The second-order valence-electron chi connectivity index (χ2n) is 4.17. The van der Waals surface area contributed by atoms with Crippen molar-refractivity contribution in [2.75, 3.05) is 5.75 Å². The van der Waals surface area contributed by atoms with Gasteiger partial charge in [0, 0.05) is 11.6 Å². The lowest BCUT2D eigenvalue weighted by Gasteiger charge is -2.11. The van der Waals surface area contributed by atoms with E-state index in [1.807, 2.05) is 0 Å². The van der Waals surface area contributed by atoms with Crippen molar-refractivity contribution in [2.45, 2.75) is 19.4 Å². The van der Waals surface area contributed by atoms with E-state index in [0.717, 1.165) is 0 Å². The Morgan fingerprint density at radius 3 is 2.37 bits per heavy atom. The number of carbonyl (C=O) groups is 2. The van der Waals surface area contributed by atoms with E-state index < -0.39 is 33.6 Å². The minimum atomic E-state index is -3.84. The van der Waals surface area contributed by atoms with E-state index in [9.17, 15) is 18.0 Å². The molecule has 6 nitrogen and oxygen atoms in total. The molecule has 0 saturated carbocycles. The quantitative estimate of drug-likeness (QED) is 0.716. The van der Waals surface area contributed by atoms with Gasteiger partial charge in [-0.15, -0.1) is 0 Å². The van der Waals surface area contributed by atoms with Crippen LogP contribution in [0, 0.1) is 0 Å². The van der Waals surface area contributed by atoms with Crippen molar-refractivity contribution in [3.05, 3.63) is 35.9 Å². The molecule has 19 heavy (non-hydrogen) atoms. The summed E-state index contributed by atoms with van der Waals surface area (Å²) in [5.74, 6) is -2.33. The van der Waals surface area contributed by atoms with Crippen molar-refractivity contribution < 1.29 is 23.1 Å². The highest BCUT2D eigenvalue weighted by molar-refractivity contribution is 7.90. The first kappa shape index (κ1) is 15.3. The zero-order valence-corrected chi connectivity index (χ0v) is 11.2. The molecule has 0 fully saturated rings. The fourth-order valence-corrected chi connectivity index (χ4v) is 2.82. The predicted molar refractivity (Wildman–Crippen MR) is 69.4 cm³/mol. The highest BCUT2D eigenvalue weighted by Crippen LogP contribution is 2.03. The second-order valence-corrected chi connectivity index (χ2v) is 5.92. The molecule has 104 valence electrons. The fraction of sp³-hybridized carbons (Fsp3) is 0.333. The number of carbonyl (C=O) groups excluding carboxylic acids is 1. The van der Waals surface area contributed by atoms with Crippen LogP contribution in [-0.2, 0) is 14.8 Å². The zero-order valence-electron chi connectivity index (χ0n) is 10.4. The van der Waals surface area contributed by atoms with Crippen LogP contribution in [0.15, 0.2) is 30.3 Å². The van der Waals surface area contributed by atoms with Gasteiger partial charge in [0.2, 0.25) is 10.0 Å². The summed E-state index contributed by atoms with van der Waals surface area (Å²) in [6.07, 6.45) is -0.335. The van der Waals surface area contributed by atoms with E-state index in [-0.39, 0.29) is 6.42 Å². The Hall–Kier alpha value is -1.73. The molecular formula is C12H15NO5S. The smallest absolute Gasteiger partial charge is 0.304 e. The monoisotopic (exact) mass is 285 g/mol. The van der Waals surface area contributed by atoms with Gasteiger partial charge in [0.15, 0.2) is 5.78 Å². The summed E-state index contributed by atoms with van der Waals surface area (Å²) in [5, 5.41) is 8.54. The van der Waals surface area contributed by atoms with Crippen LogP contribution in [0.2, 0.25) is 0 Å². The molecule has 0 radical (unpaired) electrons. The highest BCUT2D eigenvalue weighted by atomic mass is 32.2. The van der Waals surface area contributed by atoms with E-state index in [1.54, 1.807) is 18.2 Å². The van der Waals surface area contributed by atoms with Crippen LogP contribution >= 0.6 is 0 Å².